The van der Waals surface area contributed by atoms with Crippen LogP contribution in [-0.2, 0) is 20.0 Å². The van der Waals surface area contributed by atoms with E-state index in [0.29, 0.717) is 12.1 Å². The summed E-state index contributed by atoms with van der Waals surface area (Å²) in [6.45, 7) is 0. The molecule has 2 rings (SSSR count). The second kappa shape index (κ2) is 5.17. The van der Waals surface area contributed by atoms with Crippen LogP contribution in [0.15, 0.2) is 57.2 Å². The summed E-state index contributed by atoms with van der Waals surface area (Å²) in [5.74, 6) is -2.34. The lowest BCUT2D eigenvalue weighted by atomic mass is 10.3. The van der Waals surface area contributed by atoms with Crippen LogP contribution < -0.4 is 0 Å². The standard InChI is InChI=1S/C12H8F2O5S2/c13-8-5-6-10(9(14)7-8)20(15,16)11-3-1-2-4-12(11)21(17,18)19/h1-7H,(H,17,18,19). The van der Waals surface area contributed by atoms with Gasteiger partial charge in [0.25, 0.3) is 10.1 Å². The van der Waals surface area contributed by atoms with Crippen LogP contribution in [0.2, 0.25) is 0 Å². The minimum Gasteiger partial charge on any atom is -0.282 e. The predicted octanol–water partition coefficient (Wildman–Crippen LogP) is 2.04. The molecular formula is C12H8F2O5S2. The lowest BCUT2D eigenvalue weighted by Crippen LogP contribution is -2.11. The highest BCUT2D eigenvalue weighted by Gasteiger charge is 2.28. The largest absolute Gasteiger partial charge is 0.295 e. The van der Waals surface area contributed by atoms with Gasteiger partial charge in [0.05, 0.1) is 4.90 Å². The molecule has 1 N–H and O–H groups in total. The Hall–Kier alpha value is -1.84. The Kier molecular flexibility index (Phi) is 3.83. The van der Waals surface area contributed by atoms with E-state index in [-0.39, 0.29) is 0 Å². The van der Waals surface area contributed by atoms with Crippen LogP contribution in [0.5, 0.6) is 0 Å². The van der Waals surface area contributed by atoms with Crippen LogP contribution in [0, 0.1) is 11.6 Å². The highest BCUT2D eigenvalue weighted by atomic mass is 32.2. The number of halogens is 2. The molecular weight excluding hydrogens is 326 g/mol. The molecule has 21 heavy (non-hydrogen) atoms. The van der Waals surface area contributed by atoms with Gasteiger partial charge in [-0.15, -0.1) is 0 Å². The molecule has 2 aromatic carbocycles. The summed E-state index contributed by atoms with van der Waals surface area (Å²) in [6.07, 6.45) is 0. The quantitative estimate of drug-likeness (QED) is 0.685. The number of sulfone groups is 1. The van der Waals surface area contributed by atoms with Gasteiger partial charge in [-0.3, -0.25) is 4.55 Å². The van der Waals surface area contributed by atoms with Gasteiger partial charge in [-0.2, -0.15) is 8.42 Å². The van der Waals surface area contributed by atoms with Gasteiger partial charge in [-0.1, -0.05) is 12.1 Å². The fraction of sp³-hybridized carbons (Fsp3) is 0. The van der Waals surface area contributed by atoms with Crippen LogP contribution in [-0.4, -0.2) is 21.4 Å². The van der Waals surface area contributed by atoms with Crippen molar-refractivity contribution in [2.75, 3.05) is 0 Å². The lowest BCUT2D eigenvalue weighted by Gasteiger charge is -2.09. The van der Waals surface area contributed by atoms with Crippen LogP contribution in [0.25, 0.3) is 0 Å². The zero-order chi connectivity index (χ0) is 15.8. The van der Waals surface area contributed by atoms with Crippen LogP contribution in [0.1, 0.15) is 0 Å². The molecule has 0 aromatic heterocycles. The molecule has 0 heterocycles. The van der Waals surface area contributed by atoms with Crippen molar-refractivity contribution >= 4 is 20.0 Å². The molecule has 112 valence electrons. The maximum Gasteiger partial charge on any atom is 0.295 e. The normalized spacial score (nSPS) is 12.3. The highest BCUT2D eigenvalue weighted by molar-refractivity contribution is 7.92. The Morgan fingerprint density at radius 3 is 1.90 bits per heavy atom. The van der Waals surface area contributed by atoms with E-state index in [9.17, 15) is 25.6 Å². The number of hydrogen-bond acceptors (Lipinski definition) is 4. The first-order valence-electron chi connectivity index (χ1n) is 5.40. The van der Waals surface area contributed by atoms with E-state index >= 15 is 0 Å². The average molecular weight is 334 g/mol. The van der Waals surface area contributed by atoms with Crippen molar-refractivity contribution in [3.63, 3.8) is 0 Å². The summed E-state index contributed by atoms with van der Waals surface area (Å²) in [6, 6.07) is 5.95. The van der Waals surface area contributed by atoms with Crippen molar-refractivity contribution < 1.29 is 30.2 Å². The van der Waals surface area contributed by atoms with Gasteiger partial charge >= 0.3 is 0 Å². The van der Waals surface area contributed by atoms with Gasteiger partial charge in [0.1, 0.15) is 21.4 Å². The van der Waals surface area contributed by atoms with Crippen LogP contribution in [0.3, 0.4) is 0 Å². The molecule has 0 amide bonds. The molecule has 0 atom stereocenters. The Morgan fingerprint density at radius 1 is 0.810 bits per heavy atom. The van der Waals surface area contributed by atoms with Crippen LogP contribution in [0.4, 0.5) is 8.78 Å². The molecule has 9 heteroatoms. The van der Waals surface area contributed by atoms with Gasteiger partial charge in [0, 0.05) is 6.07 Å². The fourth-order valence-corrected chi connectivity index (χ4v) is 4.31. The SMILES string of the molecule is O=S(=O)(O)c1ccccc1S(=O)(=O)c1ccc(F)cc1F. The Bertz CT molecular complexity index is 905. The Morgan fingerprint density at radius 2 is 1.38 bits per heavy atom. The average Bonchev–Trinajstić information content (AvgIpc) is 2.37. The van der Waals surface area contributed by atoms with Crippen molar-refractivity contribution in [3.8, 4) is 0 Å². The molecule has 0 spiro atoms. The van der Waals surface area contributed by atoms with E-state index < -0.39 is 46.3 Å². The topological polar surface area (TPSA) is 88.5 Å². The summed E-state index contributed by atoms with van der Waals surface area (Å²) < 4.78 is 82.5. The van der Waals surface area contributed by atoms with Crippen molar-refractivity contribution in [2.45, 2.75) is 14.7 Å². The third kappa shape index (κ3) is 2.94. The van der Waals surface area contributed by atoms with Gasteiger partial charge < -0.3 is 0 Å². The summed E-state index contributed by atoms with van der Waals surface area (Å²) in [7, 11) is -9.40. The Balaban J connectivity index is 2.77. The predicted molar refractivity (Wildman–Crippen MR) is 68.1 cm³/mol. The van der Waals surface area contributed by atoms with E-state index in [1.807, 2.05) is 0 Å². The summed E-state index contributed by atoms with van der Waals surface area (Å²) >= 11 is 0. The molecule has 0 aliphatic carbocycles. The van der Waals surface area contributed by atoms with Crippen molar-refractivity contribution in [1.82, 2.24) is 0 Å². The maximum atomic E-state index is 13.6. The first-order chi connectivity index (χ1) is 9.64. The minimum absolute atomic E-state index is 0.364. The van der Waals surface area contributed by atoms with E-state index in [0.717, 1.165) is 18.2 Å². The lowest BCUT2D eigenvalue weighted by molar-refractivity contribution is 0.479. The monoisotopic (exact) mass is 334 g/mol. The zero-order valence-corrected chi connectivity index (χ0v) is 11.8. The number of benzene rings is 2. The molecule has 0 saturated heterocycles. The number of rotatable bonds is 3. The third-order valence-electron chi connectivity index (χ3n) is 2.60. The van der Waals surface area contributed by atoms with Crippen LogP contribution >= 0.6 is 0 Å². The zero-order valence-electron chi connectivity index (χ0n) is 10.2. The first kappa shape index (κ1) is 15.5. The molecule has 5 nitrogen and oxygen atoms in total. The van der Waals surface area contributed by atoms with Crippen molar-refractivity contribution in [2.24, 2.45) is 0 Å². The molecule has 0 saturated carbocycles. The van der Waals surface area contributed by atoms with Crippen molar-refractivity contribution in [1.29, 1.82) is 0 Å². The van der Waals surface area contributed by atoms with E-state index in [1.165, 1.54) is 12.1 Å². The maximum absolute atomic E-state index is 13.6. The molecule has 0 unspecified atom stereocenters. The summed E-state index contributed by atoms with van der Waals surface area (Å²) in [5.41, 5.74) is 0. The number of hydrogen-bond donors (Lipinski definition) is 1. The minimum atomic E-state index is -4.82. The van der Waals surface area contributed by atoms with E-state index in [2.05, 4.69) is 0 Å². The molecule has 0 fully saturated rings. The smallest absolute Gasteiger partial charge is 0.282 e. The molecule has 0 radical (unpaired) electrons. The molecule has 2 aromatic rings. The molecule has 0 aliphatic rings. The van der Waals surface area contributed by atoms with Gasteiger partial charge in [0.15, 0.2) is 0 Å². The second-order valence-corrected chi connectivity index (χ2v) is 7.28. The van der Waals surface area contributed by atoms with Gasteiger partial charge in [0.2, 0.25) is 9.84 Å². The Labute approximate surface area is 119 Å². The van der Waals surface area contributed by atoms with Gasteiger partial charge in [-0.25, -0.2) is 17.2 Å². The first-order valence-corrected chi connectivity index (χ1v) is 8.33. The fourth-order valence-electron chi connectivity index (χ4n) is 1.70. The van der Waals surface area contributed by atoms with E-state index in [1.54, 1.807) is 0 Å². The van der Waals surface area contributed by atoms with Crippen molar-refractivity contribution in [3.05, 3.63) is 54.1 Å². The molecule has 0 aliphatic heterocycles. The molecule has 0 bridgehead atoms. The van der Waals surface area contributed by atoms with Gasteiger partial charge in [-0.05, 0) is 24.3 Å². The van der Waals surface area contributed by atoms with E-state index in [4.69, 9.17) is 4.55 Å². The second-order valence-electron chi connectivity index (χ2n) is 4.00. The highest BCUT2D eigenvalue weighted by Crippen LogP contribution is 2.28. The summed E-state index contributed by atoms with van der Waals surface area (Å²) in [5, 5.41) is 0. The summed E-state index contributed by atoms with van der Waals surface area (Å²) in [4.78, 5) is -2.56. The third-order valence-corrected chi connectivity index (χ3v) is 5.49.